The molecule has 5 nitrogen and oxygen atoms in total. The van der Waals surface area contributed by atoms with Crippen molar-refractivity contribution in [2.45, 2.75) is 13.5 Å². The van der Waals surface area contributed by atoms with Crippen LogP contribution in [-0.2, 0) is 6.54 Å². The van der Waals surface area contributed by atoms with E-state index in [4.69, 9.17) is 9.15 Å². The summed E-state index contributed by atoms with van der Waals surface area (Å²) < 4.78 is 14.1. The number of methoxy groups -OCH3 is 1. The minimum atomic E-state index is -0.396. The first-order chi connectivity index (χ1) is 12.2. The lowest BCUT2D eigenvalue weighted by Gasteiger charge is -1.99. The molecular weight excluding hydrogens is 336 g/mol. The Hall–Kier alpha value is -2.86. The Labute approximate surface area is 147 Å². The van der Waals surface area contributed by atoms with Gasteiger partial charge in [0, 0.05) is 11.9 Å². The van der Waals surface area contributed by atoms with Gasteiger partial charge in [0.25, 0.3) is 0 Å². The lowest BCUT2D eigenvalue weighted by Crippen LogP contribution is -2.15. The van der Waals surface area contributed by atoms with E-state index in [9.17, 15) is 4.79 Å². The molecule has 0 aliphatic rings. The Morgan fingerprint density at radius 2 is 2.08 bits per heavy atom. The predicted octanol–water partition coefficient (Wildman–Crippen LogP) is 4.22. The molecule has 0 aliphatic heterocycles. The summed E-state index contributed by atoms with van der Waals surface area (Å²) in [6, 6.07) is 15.3. The monoisotopic (exact) mass is 352 g/mol. The van der Waals surface area contributed by atoms with Gasteiger partial charge in [-0.05, 0) is 31.2 Å². The van der Waals surface area contributed by atoms with Gasteiger partial charge in [-0.2, -0.15) is 4.99 Å². The van der Waals surface area contributed by atoms with Crippen LogP contribution in [0.4, 0.5) is 0 Å². The number of carbonyl (C=O) groups is 1. The number of rotatable bonds is 3. The summed E-state index contributed by atoms with van der Waals surface area (Å²) in [7, 11) is 1.57. The van der Waals surface area contributed by atoms with Gasteiger partial charge in [0.2, 0.25) is 0 Å². The molecule has 1 amide bonds. The lowest BCUT2D eigenvalue weighted by atomic mass is 10.2. The molecule has 0 saturated carbocycles. The van der Waals surface area contributed by atoms with Crippen LogP contribution in [0.5, 0.6) is 5.75 Å². The largest absolute Gasteiger partial charge is 0.493 e. The van der Waals surface area contributed by atoms with E-state index in [1.54, 1.807) is 19.2 Å². The fraction of sp³-hybridized carbons (Fsp3) is 0.158. The third kappa shape index (κ3) is 2.64. The summed E-state index contributed by atoms with van der Waals surface area (Å²) in [5.74, 6) is 0.411. The average molecular weight is 352 g/mol. The summed E-state index contributed by atoms with van der Waals surface area (Å²) in [6.45, 7) is 2.78. The molecule has 0 atom stereocenters. The first kappa shape index (κ1) is 15.7. The summed E-state index contributed by atoms with van der Waals surface area (Å²) in [5.41, 5.74) is 1.64. The molecule has 0 radical (unpaired) electrons. The molecule has 0 fully saturated rings. The summed E-state index contributed by atoms with van der Waals surface area (Å²) in [6.07, 6.45) is 0. The number of carbonyl (C=O) groups excluding carboxylic acids is 1. The van der Waals surface area contributed by atoms with Crippen molar-refractivity contribution < 1.29 is 13.9 Å². The molecule has 0 unspecified atom stereocenters. The van der Waals surface area contributed by atoms with E-state index in [1.807, 2.05) is 47.9 Å². The third-order valence-electron chi connectivity index (χ3n) is 4.04. The normalized spacial score (nSPS) is 12.2. The number of aryl methyl sites for hydroxylation is 1. The van der Waals surface area contributed by atoms with Crippen molar-refractivity contribution in [2.24, 2.45) is 4.99 Å². The second kappa shape index (κ2) is 6.22. The predicted molar refractivity (Wildman–Crippen MR) is 98.1 cm³/mol. The van der Waals surface area contributed by atoms with Crippen molar-refractivity contribution >= 4 is 38.4 Å². The molecule has 0 spiro atoms. The zero-order chi connectivity index (χ0) is 17.4. The zero-order valence-electron chi connectivity index (χ0n) is 13.9. The van der Waals surface area contributed by atoms with Crippen LogP contribution in [0.2, 0.25) is 0 Å². The molecule has 126 valence electrons. The number of para-hydroxylation sites is 2. The maximum absolute atomic E-state index is 12.6. The van der Waals surface area contributed by atoms with Gasteiger partial charge < -0.3 is 13.7 Å². The number of nitrogens with zero attached hydrogens (tertiary/aromatic N) is 2. The Morgan fingerprint density at radius 1 is 1.24 bits per heavy atom. The first-order valence-electron chi connectivity index (χ1n) is 7.95. The molecule has 25 heavy (non-hydrogen) atoms. The molecular formula is C19H16N2O3S. The minimum Gasteiger partial charge on any atom is -0.493 e. The topological polar surface area (TPSA) is 56.7 Å². The van der Waals surface area contributed by atoms with Crippen molar-refractivity contribution in [1.82, 2.24) is 4.57 Å². The van der Waals surface area contributed by atoms with Gasteiger partial charge in [-0.15, -0.1) is 0 Å². The highest BCUT2D eigenvalue weighted by atomic mass is 32.1. The Kier molecular flexibility index (Phi) is 3.89. The van der Waals surface area contributed by atoms with E-state index in [0.717, 1.165) is 22.1 Å². The highest BCUT2D eigenvalue weighted by molar-refractivity contribution is 7.16. The van der Waals surface area contributed by atoms with Crippen molar-refractivity contribution in [3.05, 3.63) is 59.1 Å². The number of amides is 1. The van der Waals surface area contributed by atoms with Crippen LogP contribution in [-0.4, -0.2) is 17.6 Å². The number of hydrogen-bond acceptors (Lipinski definition) is 4. The van der Waals surface area contributed by atoms with E-state index >= 15 is 0 Å². The highest BCUT2D eigenvalue weighted by Crippen LogP contribution is 2.28. The highest BCUT2D eigenvalue weighted by Gasteiger charge is 2.15. The van der Waals surface area contributed by atoms with Crippen LogP contribution in [0.15, 0.2) is 57.9 Å². The molecule has 2 heterocycles. The van der Waals surface area contributed by atoms with Crippen LogP contribution in [0, 0.1) is 0 Å². The van der Waals surface area contributed by atoms with Crippen LogP contribution in [0.3, 0.4) is 0 Å². The van der Waals surface area contributed by atoms with Gasteiger partial charge in [0.05, 0.1) is 17.3 Å². The summed E-state index contributed by atoms with van der Waals surface area (Å²) in [4.78, 5) is 17.6. The van der Waals surface area contributed by atoms with Crippen molar-refractivity contribution in [3.8, 4) is 5.75 Å². The van der Waals surface area contributed by atoms with Gasteiger partial charge in [-0.1, -0.05) is 35.6 Å². The number of benzene rings is 2. The average Bonchev–Trinajstić information content (AvgIpc) is 3.22. The van der Waals surface area contributed by atoms with Crippen LogP contribution >= 0.6 is 11.3 Å². The van der Waals surface area contributed by atoms with E-state index in [1.165, 1.54) is 11.3 Å². The van der Waals surface area contributed by atoms with E-state index in [2.05, 4.69) is 4.99 Å². The summed E-state index contributed by atoms with van der Waals surface area (Å²) >= 11 is 1.50. The van der Waals surface area contributed by atoms with Gasteiger partial charge in [0.1, 0.15) is 0 Å². The SMILES string of the molecule is CCn1c(=NC(=O)c2cc3cccc(OC)c3o2)sc2ccccc21. The Bertz CT molecular complexity index is 1150. The second-order valence-electron chi connectivity index (χ2n) is 5.50. The fourth-order valence-corrected chi connectivity index (χ4v) is 3.95. The van der Waals surface area contributed by atoms with E-state index in [0.29, 0.717) is 16.1 Å². The number of aromatic nitrogens is 1. The van der Waals surface area contributed by atoms with Gasteiger partial charge in [0.15, 0.2) is 21.9 Å². The first-order valence-corrected chi connectivity index (χ1v) is 8.77. The second-order valence-corrected chi connectivity index (χ2v) is 6.51. The molecule has 0 aliphatic carbocycles. The molecule has 0 bridgehead atoms. The number of ether oxygens (including phenoxy) is 1. The van der Waals surface area contributed by atoms with Crippen molar-refractivity contribution in [1.29, 1.82) is 0 Å². The Balaban J connectivity index is 1.83. The van der Waals surface area contributed by atoms with Crippen LogP contribution in [0.25, 0.3) is 21.2 Å². The molecule has 2 aromatic carbocycles. The van der Waals surface area contributed by atoms with Gasteiger partial charge >= 0.3 is 5.91 Å². The molecule has 6 heteroatoms. The molecule has 4 aromatic rings. The molecule has 0 saturated heterocycles. The maximum Gasteiger partial charge on any atom is 0.315 e. The number of furan rings is 1. The summed E-state index contributed by atoms with van der Waals surface area (Å²) in [5, 5.41) is 0.817. The van der Waals surface area contributed by atoms with Crippen molar-refractivity contribution in [3.63, 3.8) is 0 Å². The quantitative estimate of drug-likeness (QED) is 0.555. The minimum absolute atomic E-state index is 0.208. The van der Waals surface area contributed by atoms with Crippen LogP contribution < -0.4 is 9.54 Å². The smallest absolute Gasteiger partial charge is 0.315 e. The van der Waals surface area contributed by atoms with Gasteiger partial charge in [-0.25, -0.2) is 0 Å². The molecule has 2 aromatic heterocycles. The lowest BCUT2D eigenvalue weighted by molar-refractivity contribution is 0.0973. The zero-order valence-corrected chi connectivity index (χ0v) is 14.7. The van der Waals surface area contributed by atoms with E-state index in [-0.39, 0.29) is 5.76 Å². The number of hydrogen-bond donors (Lipinski definition) is 0. The molecule has 4 rings (SSSR count). The van der Waals surface area contributed by atoms with Crippen LogP contribution in [0.1, 0.15) is 17.5 Å². The fourth-order valence-electron chi connectivity index (χ4n) is 2.86. The maximum atomic E-state index is 12.6. The number of fused-ring (bicyclic) bond motifs is 2. The van der Waals surface area contributed by atoms with E-state index < -0.39 is 5.91 Å². The Morgan fingerprint density at radius 3 is 2.88 bits per heavy atom. The number of thiazole rings is 1. The van der Waals surface area contributed by atoms with Crippen molar-refractivity contribution in [2.75, 3.05) is 7.11 Å². The van der Waals surface area contributed by atoms with Gasteiger partial charge in [-0.3, -0.25) is 4.79 Å². The standard InChI is InChI=1S/C19H16N2O3S/c1-3-21-13-8-4-5-10-16(13)25-19(21)20-18(22)15-11-12-7-6-9-14(23-2)17(12)24-15/h4-11H,3H2,1-2H3. The molecule has 0 N–H and O–H groups in total. The third-order valence-corrected chi connectivity index (χ3v) is 5.10.